The van der Waals surface area contributed by atoms with E-state index >= 15 is 0 Å². The molecule has 0 aromatic heterocycles. The fourth-order valence-corrected chi connectivity index (χ4v) is 15.2. The van der Waals surface area contributed by atoms with Crippen molar-refractivity contribution in [2.45, 2.75) is 293 Å². The number of ether oxygens (including phenoxy) is 3. The van der Waals surface area contributed by atoms with Gasteiger partial charge in [0, 0.05) is 182 Å². The number of hydrogen-bond donors (Lipinski definition) is 2. The highest BCUT2D eigenvalue weighted by atomic mass is 32.2. The predicted octanol–water partition coefficient (Wildman–Crippen LogP) is 9.45. The molecule has 0 aromatic carbocycles. The van der Waals surface area contributed by atoms with Crippen LogP contribution in [-0.2, 0) is 34.8 Å². The number of sulfone groups is 1. The van der Waals surface area contributed by atoms with E-state index in [2.05, 4.69) is 243 Å². The van der Waals surface area contributed by atoms with Crippen molar-refractivity contribution in [2.75, 3.05) is 159 Å². The summed E-state index contributed by atoms with van der Waals surface area (Å²) in [5.41, 5.74) is 2.09. The molecule has 9 aliphatic heterocycles. The van der Waals surface area contributed by atoms with E-state index in [1.54, 1.807) is 0 Å². The predicted molar refractivity (Wildman–Crippen MR) is 387 cm³/mol. The first-order valence-corrected chi connectivity index (χ1v) is 39.3. The fraction of sp³-hybridized carbons (Fsp3) is 1.00. The van der Waals surface area contributed by atoms with Crippen molar-refractivity contribution in [3.8, 4) is 0 Å². The van der Waals surface area contributed by atoms with E-state index < -0.39 is 32.8 Å². The molecule has 9 rings (SSSR count). The SMILES string of the molecule is CC(C)(C)N1CCCC1.CC(C)(C)N1CCOCC1.CC(C)(C)N1CCS(=O)(=O)CC1.CC(C)(C)N1CCS(=O)CC1.CC(C)(C)N1CCSCC1.CC(C)(C)N1C[C@@H](O)[C@@H](O)C1.CC1(C)O[C@H]2CN(C(C)(C)C)C[C@H]2O1.CC1CN(C(C)(C)C)CC(C)N1C. The molecule has 9 aliphatic rings. The van der Waals surface area contributed by atoms with E-state index in [-0.39, 0.29) is 40.2 Å². The van der Waals surface area contributed by atoms with Crippen molar-refractivity contribution in [2.24, 2.45) is 0 Å². The molecule has 2 unspecified atom stereocenters. The van der Waals surface area contributed by atoms with Gasteiger partial charge in [-0.05, 0) is 227 Å². The van der Waals surface area contributed by atoms with Gasteiger partial charge in [0.15, 0.2) is 15.6 Å². The Morgan fingerprint density at radius 3 is 1.01 bits per heavy atom. The lowest BCUT2D eigenvalue weighted by Gasteiger charge is -2.48. The Kier molecular flexibility index (Phi) is 34.5. The van der Waals surface area contributed by atoms with Crippen LogP contribution in [-0.4, -0.2) is 313 Å². The Bertz CT molecular complexity index is 2050. The summed E-state index contributed by atoms with van der Waals surface area (Å²) < 4.78 is 50.1. The highest BCUT2D eigenvalue weighted by Gasteiger charge is 2.49. The molecule has 0 radical (unpaired) electrons. The summed E-state index contributed by atoms with van der Waals surface area (Å²) in [6, 6.07) is 1.37. The molecule has 2 N–H and O–H groups in total. The smallest absolute Gasteiger partial charge is 0.163 e. The first-order valence-electron chi connectivity index (χ1n) is 34.8. The zero-order chi connectivity index (χ0) is 69.5. The number of likely N-dealkylation sites (N-methyl/N-ethyl adjacent to an activating group) is 1. The van der Waals surface area contributed by atoms with Gasteiger partial charge in [0.25, 0.3) is 0 Å². The van der Waals surface area contributed by atoms with Gasteiger partial charge in [-0.25, -0.2) is 8.42 Å². The average molecular weight is 1340 g/mol. The van der Waals surface area contributed by atoms with Gasteiger partial charge in [0.05, 0.1) is 36.9 Å². The lowest BCUT2D eigenvalue weighted by molar-refractivity contribution is -0.158. The number of thioether (sulfide) groups is 1. The molecule has 17 nitrogen and oxygen atoms in total. The Morgan fingerprint density at radius 2 is 0.711 bits per heavy atom. The third-order valence-corrected chi connectivity index (χ3v) is 22.8. The van der Waals surface area contributed by atoms with Crippen LogP contribution in [0.4, 0.5) is 0 Å². The third kappa shape index (κ3) is 32.5. The van der Waals surface area contributed by atoms with Crippen molar-refractivity contribution in [3.63, 3.8) is 0 Å². The van der Waals surface area contributed by atoms with Crippen LogP contribution >= 0.6 is 11.8 Å². The Labute approximate surface area is 563 Å². The summed E-state index contributed by atoms with van der Waals surface area (Å²) >= 11 is 2.07. The normalized spacial score (nSPS) is 28.7. The molecule has 0 aromatic rings. The quantitative estimate of drug-likeness (QED) is 0.237. The van der Waals surface area contributed by atoms with Crippen molar-refractivity contribution >= 4 is 32.4 Å². The standard InChI is InChI=1S/C11H24N2.C11H21NO2.C8H17NO2S.C8H17NO2.C8H17NOS.C8H17NO.C8H17NS.C8H17N/c1-9-7-13(11(3,4)5)8-10(2)12(9)6;1-10(2,3)12-6-8-9(7-12)14-11(4,5)13-8;1-8(2,3)9-4-6-12(10,11)7-5-9;1-8(2,3)9-4-6(10)7(11)5-9;1-8(2,3)9-4-6-11(10)7-5-9;2*1-8(2,3)9-4-6-10-7-5-9;1-8(2,3)9-6-4-5-7-9/h9-10H,7-8H2,1-6H3;8-9H,6-7H2,1-5H3;4-7H2,1-3H3;6-7,10-11H,4-5H2,1-3H3;4-7H2,1-3H3;2*4-7H2,1-3H3;4-7H2,1-3H3/t;8-,9+;;6-,7+;;;;. The molecule has 0 aliphatic carbocycles. The maximum Gasteiger partial charge on any atom is 0.163 e. The number of piperazine rings is 1. The molecule has 0 bridgehead atoms. The number of aliphatic hydroxyl groups is 2. The summed E-state index contributed by atoms with van der Waals surface area (Å²) in [4.78, 5) is 21.7. The first kappa shape index (κ1) is 86.0. The number of nitrogens with zero attached hydrogens (tertiary/aromatic N) is 9. The summed E-state index contributed by atoms with van der Waals surface area (Å²) in [6.45, 7) is 80.0. The van der Waals surface area contributed by atoms with Crippen molar-refractivity contribution < 1.29 is 37.1 Å². The molecular formula is C70H147N9O8S3. The van der Waals surface area contributed by atoms with Gasteiger partial charge in [-0.1, -0.05) is 0 Å². The fourth-order valence-electron chi connectivity index (χ4n) is 12.1. The van der Waals surface area contributed by atoms with Gasteiger partial charge in [-0.3, -0.25) is 48.3 Å². The van der Waals surface area contributed by atoms with Gasteiger partial charge < -0.3 is 24.4 Å². The zero-order valence-corrected chi connectivity index (χ0v) is 66.4. The van der Waals surface area contributed by atoms with Crippen LogP contribution < -0.4 is 0 Å². The molecular weight excluding hydrogens is 1190 g/mol. The Morgan fingerprint density at radius 1 is 0.422 bits per heavy atom. The molecule has 6 atom stereocenters. The number of β-amino-alcohol motifs (C(OH)–C–C–N with tert-alkyl or cyclic N) is 2. The van der Waals surface area contributed by atoms with E-state index in [1.807, 2.05) is 13.8 Å². The van der Waals surface area contributed by atoms with E-state index in [0.29, 0.717) is 71.9 Å². The molecule has 538 valence electrons. The number of hydrogen-bond acceptors (Lipinski definition) is 18. The lowest BCUT2D eigenvalue weighted by atomic mass is 10.00. The molecule has 0 saturated carbocycles. The van der Waals surface area contributed by atoms with Crippen LogP contribution in [0.15, 0.2) is 0 Å². The van der Waals surface area contributed by atoms with Gasteiger partial charge in [-0.2, -0.15) is 11.8 Å². The van der Waals surface area contributed by atoms with Crippen LogP contribution in [0.2, 0.25) is 0 Å². The molecule has 0 spiro atoms. The summed E-state index contributed by atoms with van der Waals surface area (Å²) in [5.74, 6) is 4.62. The summed E-state index contributed by atoms with van der Waals surface area (Å²) in [6.07, 6.45) is 2.21. The number of rotatable bonds is 0. The minimum atomic E-state index is -2.72. The van der Waals surface area contributed by atoms with Crippen LogP contribution in [0.3, 0.4) is 0 Å². The first-order chi connectivity index (χ1) is 40.6. The second-order valence-corrected chi connectivity index (χ2v) is 40.4. The van der Waals surface area contributed by atoms with Crippen LogP contribution in [0.5, 0.6) is 0 Å². The topological polar surface area (TPSA) is 149 Å². The highest BCUT2D eigenvalue weighted by Crippen LogP contribution is 2.35. The summed E-state index contributed by atoms with van der Waals surface area (Å²) in [7, 11) is -1.02. The maximum absolute atomic E-state index is 11.1. The van der Waals surface area contributed by atoms with Crippen LogP contribution in [0, 0.1) is 0 Å². The number of fused-ring (bicyclic) bond motifs is 1. The largest absolute Gasteiger partial charge is 0.389 e. The monoisotopic (exact) mass is 1340 g/mol. The molecule has 9 fully saturated rings. The van der Waals surface area contributed by atoms with E-state index in [0.717, 1.165) is 64.0 Å². The van der Waals surface area contributed by atoms with Crippen molar-refractivity contribution in [3.05, 3.63) is 0 Å². The molecule has 0 amide bonds. The van der Waals surface area contributed by atoms with E-state index in [1.165, 1.54) is 63.6 Å². The molecule has 20 heteroatoms. The summed E-state index contributed by atoms with van der Waals surface area (Å²) in [5, 5.41) is 18.5. The number of aliphatic hydroxyl groups excluding tert-OH is 2. The minimum absolute atomic E-state index is 0.0540. The van der Waals surface area contributed by atoms with Gasteiger partial charge in [-0.15, -0.1) is 0 Å². The van der Waals surface area contributed by atoms with E-state index in [4.69, 9.17) is 14.2 Å². The number of morpholine rings is 1. The van der Waals surface area contributed by atoms with Crippen molar-refractivity contribution in [1.29, 1.82) is 0 Å². The molecule has 9 saturated heterocycles. The number of likely N-dealkylation sites (tertiary alicyclic amines) is 3. The molecule has 9 heterocycles. The second kappa shape index (κ2) is 36.1. The average Bonchev–Trinajstić information content (AvgIpc) is 1.65. The van der Waals surface area contributed by atoms with Gasteiger partial charge >= 0.3 is 0 Å². The maximum atomic E-state index is 11.1. The van der Waals surface area contributed by atoms with Gasteiger partial charge in [0.2, 0.25) is 0 Å². The van der Waals surface area contributed by atoms with E-state index in [9.17, 15) is 22.8 Å². The van der Waals surface area contributed by atoms with Crippen LogP contribution in [0.25, 0.3) is 0 Å². The molecule has 90 heavy (non-hydrogen) atoms. The van der Waals surface area contributed by atoms with Crippen molar-refractivity contribution in [1.82, 2.24) is 44.1 Å². The Hall–Kier alpha value is -0.110. The lowest BCUT2D eigenvalue weighted by Crippen LogP contribution is -2.59. The zero-order valence-electron chi connectivity index (χ0n) is 63.9. The van der Waals surface area contributed by atoms with Gasteiger partial charge in [0.1, 0.15) is 12.2 Å². The third-order valence-electron chi connectivity index (χ3n) is 18.9. The highest BCUT2D eigenvalue weighted by molar-refractivity contribution is 7.99. The second-order valence-electron chi connectivity index (χ2n) is 35.2. The minimum Gasteiger partial charge on any atom is -0.389 e. The van der Waals surface area contributed by atoms with Crippen LogP contribution in [0.1, 0.15) is 207 Å². The Balaban J connectivity index is 0.000000352.